The summed E-state index contributed by atoms with van der Waals surface area (Å²) >= 11 is 0. The van der Waals surface area contributed by atoms with Gasteiger partial charge in [0.1, 0.15) is 0 Å². The van der Waals surface area contributed by atoms with Crippen molar-refractivity contribution in [2.45, 2.75) is 13.2 Å². The van der Waals surface area contributed by atoms with Crippen molar-refractivity contribution in [3.8, 4) is 0 Å². The highest BCUT2D eigenvalue weighted by Gasteiger charge is 1.87. The van der Waals surface area contributed by atoms with Gasteiger partial charge in [-0.25, -0.2) is 0 Å². The van der Waals surface area contributed by atoms with E-state index in [1.807, 2.05) is 6.92 Å². The Hall–Kier alpha value is -0.120. The second kappa shape index (κ2) is 5.88. The molecule has 7 heavy (non-hydrogen) atoms. The van der Waals surface area contributed by atoms with Crippen LogP contribution >= 0.6 is 0 Å². The van der Waals surface area contributed by atoms with Crippen LogP contribution in [-0.4, -0.2) is 26.0 Å². The van der Waals surface area contributed by atoms with Crippen LogP contribution in [0.1, 0.15) is 6.92 Å². The molecule has 0 bridgehead atoms. The zero-order chi connectivity index (χ0) is 4.99. The normalized spacial score (nSPS) is 8.57. The van der Waals surface area contributed by atoms with E-state index >= 15 is 0 Å². The summed E-state index contributed by atoms with van der Waals surface area (Å²) in [4.78, 5) is 0. The first kappa shape index (κ1) is 9.99. The summed E-state index contributed by atoms with van der Waals surface area (Å²) in [5, 5.41) is 0. The van der Waals surface area contributed by atoms with Crippen LogP contribution in [0.25, 0.3) is 0 Å². The Bertz CT molecular complexity index is 26.1. The van der Waals surface area contributed by atoms with Crippen molar-refractivity contribution >= 4 is 0 Å². The topological polar surface area (TPSA) is 50.0 Å². The molecule has 0 unspecified atom stereocenters. The molecule has 0 saturated carbocycles. The van der Waals surface area contributed by atoms with Crippen molar-refractivity contribution < 1.29 is 14.9 Å². The van der Waals surface area contributed by atoms with Crippen LogP contribution in [0.4, 0.5) is 0 Å². The molecule has 0 heterocycles. The molecule has 0 aromatic carbocycles. The molecule has 0 atom stereocenters. The van der Waals surface area contributed by atoms with Gasteiger partial charge in [0.2, 0.25) is 0 Å². The van der Waals surface area contributed by atoms with Gasteiger partial charge >= 0.3 is 0 Å². The number of rotatable bonds is 2. The zero-order valence-electron chi connectivity index (χ0n) is 4.89. The van der Waals surface area contributed by atoms with Gasteiger partial charge < -0.3 is 14.9 Å². The Morgan fingerprint density at radius 1 is 1.14 bits per heavy atom. The van der Waals surface area contributed by atoms with Gasteiger partial charge in [-0.15, -0.1) is 0 Å². The molecule has 0 spiro atoms. The number of hydrogen-bond donors (Lipinski definition) is 0. The van der Waals surface area contributed by atoms with E-state index in [9.17, 15) is 0 Å². The molecule has 3 heteroatoms. The third kappa shape index (κ3) is 5.88. The molecule has 2 N–H and O–H groups in total. The lowest BCUT2D eigenvalue weighted by Crippen LogP contribution is -2.05. The van der Waals surface area contributed by atoms with Gasteiger partial charge in [-0.05, 0) is 6.92 Å². The Morgan fingerprint density at radius 3 is 1.43 bits per heavy atom. The van der Waals surface area contributed by atoms with Crippen molar-refractivity contribution in [3.05, 3.63) is 0 Å². The summed E-state index contributed by atoms with van der Waals surface area (Å²) < 4.78 is 9.35. The Labute approximate surface area is 43.5 Å². The highest BCUT2D eigenvalue weighted by molar-refractivity contribution is 4.17. The van der Waals surface area contributed by atoms with E-state index < -0.39 is 0 Å². The third-order valence-corrected chi connectivity index (χ3v) is 0.664. The minimum atomic E-state index is -0.0648. The van der Waals surface area contributed by atoms with E-state index in [0.29, 0.717) is 0 Å². The van der Waals surface area contributed by atoms with Gasteiger partial charge in [-0.1, -0.05) is 0 Å². The summed E-state index contributed by atoms with van der Waals surface area (Å²) in [7, 11) is 3.21. The molecule has 0 aliphatic heterocycles. The standard InChI is InChI=1S/C4H10O2.H2O/c1-4(5-2)6-3;/h4H,1-3H3;1H2. The van der Waals surface area contributed by atoms with Gasteiger partial charge in [-0.3, -0.25) is 0 Å². The maximum Gasteiger partial charge on any atom is 0.154 e. The average molecular weight is 108 g/mol. The highest BCUT2D eigenvalue weighted by Crippen LogP contribution is 1.82. The molecular weight excluding hydrogens is 96.0 g/mol. The first-order chi connectivity index (χ1) is 2.81. The van der Waals surface area contributed by atoms with E-state index in [1.165, 1.54) is 0 Å². The minimum absolute atomic E-state index is 0. The number of hydrogen-bond acceptors (Lipinski definition) is 2. The SMILES string of the molecule is COC(C)OC.O. The third-order valence-electron chi connectivity index (χ3n) is 0.664. The van der Waals surface area contributed by atoms with E-state index in [4.69, 9.17) is 0 Å². The highest BCUT2D eigenvalue weighted by atomic mass is 16.7. The van der Waals surface area contributed by atoms with Gasteiger partial charge in [0, 0.05) is 14.2 Å². The fourth-order valence-electron chi connectivity index (χ4n) is 0.0962. The fraction of sp³-hybridized carbons (Fsp3) is 1.00. The summed E-state index contributed by atoms with van der Waals surface area (Å²) in [6.45, 7) is 1.83. The summed E-state index contributed by atoms with van der Waals surface area (Å²) in [6.07, 6.45) is -0.0648. The van der Waals surface area contributed by atoms with E-state index in [0.717, 1.165) is 0 Å². The predicted molar refractivity (Wildman–Crippen MR) is 27.1 cm³/mol. The second-order valence-corrected chi connectivity index (χ2v) is 1.04. The van der Waals surface area contributed by atoms with E-state index in [1.54, 1.807) is 14.2 Å². The van der Waals surface area contributed by atoms with Gasteiger partial charge in [0.05, 0.1) is 0 Å². The molecule has 0 saturated heterocycles. The number of ether oxygens (including phenoxy) is 2. The van der Waals surface area contributed by atoms with Crippen LogP contribution in [0, 0.1) is 0 Å². The quantitative estimate of drug-likeness (QED) is 0.460. The van der Waals surface area contributed by atoms with Gasteiger partial charge in [-0.2, -0.15) is 0 Å². The molecule has 0 rings (SSSR count). The molecular formula is C4H12O3. The molecule has 0 radical (unpaired) electrons. The van der Waals surface area contributed by atoms with Crippen LogP contribution in [-0.2, 0) is 9.47 Å². The molecule has 0 aromatic heterocycles. The molecule has 46 valence electrons. The summed E-state index contributed by atoms with van der Waals surface area (Å²) in [5.41, 5.74) is 0. The fourth-order valence-corrected chi connectivity index (χ4v) is 0.0962. The molecule has 0 fully saturated rings. The first-order valence-corrected chi connectivity index (χ1v) is 1.87. The first-order valence-electron chi connectivity index (χ1n) is 1.87. The molecule has 0 aromatic rings. The van der Waals surface area contributed by atoms with Crippen molar-refractivity contribution in [3.63, 3.8) is 0 Å². The smallest absolute Gasteiger partial charge is 0.154 e. The predicted octanol–water partition coefficient (Wildman–Crippen LogP) is -0.200. The van der Waals surface area contributed by atoms with Crippen molar-refractivity contribution in [2.24, 2.45) is 0 Å². The zero-order valence-corrected chi connectivity index (χ0v) is 4.89. The van der Waals surface area contributed by atoms with E-state index in [-0.39, 0.29) is 11.8 Å². The Kier molecular flexibility index (Phi) is 8.39. The average Bonchev–Trinajstić information content (AvgIpc) is 1.65. The molecule has 0 aliphatic rings. The number of methoxy groups -OCH3 is 2. The van der Waals surface area contributed by atoms with Crippen LogP contribution in [0.15, 0.2) is 0 Å². The molecule has 0 amide bonds. The van der Waals surface area contributed by atoms with Crippen LogP contribution in [0.2, 0.25) is 0 Å². The van der Waals surface area contributed by atoms with E-state index in [2.05, 4.69) is 9.47 Å². The van der Waals surface area contributed by atoms with Crippen LogP contribution in [0.3, 0.4) is 0 Å². The molecule has 0 aliphatic carbocycles. The van der Waals surface area contributed by atoms with Crippen LogP contribution in [0.5, 0.6) is 0 Å². The summed E-state index contributed by atoms with van der Waals surface area (Å²) in [5.74, 6) is 0. The Balaban J connectivity index is 0. The van der Waals surface area contributed by atoms with Gasteiger partial charge in [0.25, 0.3) is 0 Å². The minimum Gasteiger partial charge on any atom is -0.412 e. The van der Waals surface area contributed by atoms with Crippen molar-refractivity contribution in [1.82, 2.24) is 0 Å². The maximum atomic E-state index is 4.68. The maximum absolute atomic E-state index is 4.68. The lowest BCUT2D eigenvalue weighted by molar-refractivity contribution is -0.0877. The lowest BCUT2D eigenvalue weighted by atomic mass is 10.8. The Morgan fingerprint density at radius 2 is 1.43 bits per heavy atom. The second-order valence-electron chi connectivity index (χ2n) is 1.04. The van der Waals surface area contributed by atoms with Crippen molar-refractivity contribution in [1.29, 1.82) is 0 Å². The van der Waals surface area contributed by atoms with Gasteiger partial charge in [0.15, 0.2) is 6.29 Å². The lowest BCUT2D eigenvalue weighted by Gasteiger charge is -2.03. The molecule has 3 nitrogen and oxygen atoms in total. The summed E-state index contributed by atoms with van der Waals surface area (Å²) in [6, 6.07) is 0. The largest absolute Gasteiger partial charge is 0.412 e. The van der Waals surface area contributed by atoms with Crippen molar-refractivity contribution in [2.75, 3.05) is 14.2 Å². The monoisotopic (exact) mass is 108 g/mol. The van der Waals surface area contributed by atoms with Crippen LogP contribution < -0.4 is 0 Å².